The van der Waals surface area contributed by atoms with E-state index in [1.165, 1.54) is 6.08 Å². The van der Waals surface area contributed by atoms with Crippen LogP contribution >= 0.6 is 0 Å². The maximum atomic E-state index is 10.5. The zero-order valence-corrected chi connectivity index (χ0v) is 9.78. The number of carbonyl (C=O) groups is 1. The van der Waals surface area contributed by atoms with Crippen LogP contribution in [0.3, 0.4) is 0 Å². The summed E-state index contributed by atoms with van der Waals surface area (Å²) in [7, 11) is 1.79. The number of rotatable bonds is 4. The first-order chi connectivity index (χ1) is 8.65. The summed E-state index contributed by atoms with van der Waals surface area (Å²) in [6, 6.07) is 7.20. The van der Waals surface area contributed by atoms with Crippen molar-refractivity contribution in [3.8, 4) is 11.5 Å². The van der Waals surface area contributed by atoms with Crippen molar-refractivity contribution in [2.24, 2.45) is 7.05 Å². The van der Waals surface area contributed by atoms with Gasteiger partial charge in [0.05, 0.1) is 12.4 Å². The van der Waals surface area contributed by atoms with Gasteiger partial charge in [-0.25, -0.2) is 4.79 Å². The number of carboxylic acids is 1. The number of aryl methyl sites for hydroxylation is 1. The van der Waals surface area contributed by atoms with Gasteiger partial charge in [-0.2, -0.15) is 5.10 Å². The molecule has 0 aliphatic carbocycles. The number of nitrogens with zero attached hydrogens (tertiary/aromatic N) is 2. The Bertz CT molecular complexity index is 587. The van der Waals surface area contributed by atoms with Crippen molar-refractivity contribution in [3.05, 3.63) is 48.3 Å². The molecule has 0 aliphatic rings. The molecule has 1 aromatic carbocycles. The molecule has 1 N–H and O–H groups in total. The third-order valence-corrected chi connectivity index (χ3v) is 2.23. The fourth-order valence-electron chi connectivity index (χ4n) is 1.45. The Kier molecular flexibility index (Phi) is 3.43. The Morgan fingerprint density at radius 3 is 2.89 bits per heavy atom. The molecule has 0 saturated carbocycles. The molecule has 2 rings (SSSR count). The van der Waals surface area contributed by atoms with E-state index in [2.05, 4.69) is 5.10 Å². The second kappa shape index (κ2) is 5.18. The second-order valence-electron chi connectivity index (χ2n) is 3.66. The molecular weight excluding hydrogens is 232 g/mol. The molecule has 0 radical (unpaired) electrons. The highest BCUT2D eigenvalue weighted by molar-refractivity contribution is 5.85. The quantitative estimate of drug-likeness (QED) is 0.838. The van der Waals surface area contributed by atoms with Gasteiger partial charge in [-0.15, -0.1) is 0 Å². The standard InChI is InChI=1S/C13H12N2O3/c1-15-9-11(8-14-15)18-12-5-3-2-4-10(12)6-7-13(16)17/h2-9H,1H3,(H,16,17)/b7-6+. The fourth-order valence-corrected chi connectivity index (χ4v) is 1.45. The summed E-state index contributed by atoms with van der Waals surface area (Å²) in [4.78, 5) is 10.5. The van der Waals surface area contributed by atoms with E-state index >= 15 is 0 Å². The molecule has 18 heavy (non-hydrogen) atoms. The lowest BCUT2D eigenvalue weighted by atomic mass is 10.2. The number of aliphatic carboxylic acids is 1. The molecule has 0 atom stereocenters. The minimum Gasteiger partial charge on any atom is -0.478 e. The average molecular weight is 244 g/mol. The summed E-state index contributed by atoms with van der Waals surface area (Å²) < 4.78 is 7.27. The first-order valence-electron chi connectivity index (χ1n) is 5.31. The SMILES string of the molecule is Cn1cc(Oc2ccccc2/C=C/C(=O)O)cn1. The van der Waals surface area contributed by atoms with Crippen LogP contribution in [0.15, 0.2) is 42.7 Å². The predicted octanol–water partition coefficient (Wildman–Crippen LogP) is 2.31. The van der Waals surface area contributed by atoms with E-state index in [4.69, 9.17) is 9.84 Å². The number of aromatic nitrogens is 2. The van der Waals surface area contributed by atoms with Crippen LogP contribution in [0.5, 0.6) is 11.5 Å². The summed E-state index contributed by atoms with van der Waals surface area (Å²) in [6.07, 6.45) is 5.90. The van der Waals surface area contributed by atoms with Gasteiger partial charge in [-0.1, -0.05) is 18.2 Å². The van der Waals surface area contributed by atoms with E-state index in [9.17, 15) is 4.79 Å². The van der Waals surface area contributed by atoms with Gasteiger partial charge in [0.25, 0.3) is 0 Å². The molecule has 0 saturated heterocycles. The molecule has 0 aliphatic heterocycles. The van der Waals surface area contributed by atoms with Crippen LogP contribution in [0.25, 0.3) is 6.08 Å². The van der Waals surface area contributed by atoms with E-state index in [-0.39, 0.29) is 0 Å². The minimum absolute atomic E-state index is 0.586. The summed E-state index contributed by atoms with van der Waals surface area (Å²) >= 11 is 0. The van der Waals surface area contributed by atoms with E-state index in [0.717, 1.165) is 6.08 Å². The van der Waals surface area contributed by atoms with E-state index in [0.29, 0.717) is 17.1 Å². The minimum atomic E-state index is -0.994. The van der Waals surface area contributed by atoms with Crippen LogP contribution < -0.4 is 4.74 Å². The molecule has 1 heterocycles. The fraction of sp³-hybridized carbons (Fsp3) is 0.0769. The Hall–Kier alpha value is -2.56. The van der Waals surface area contributed by atoms with Crippen LogP contribution in [0.1, 0.15) is 5.56 Å². The Labute approximate surface area is 104 Å². The van der Waals surface area contributed by atoms with Crippen LogP contribution in [-0.4, -0.2) is 20.9 Å². The highest BCUT2D eigenvalue weighted by Crippen LogP contribution is 2.25. The zero-order chi connectivity index (χ0) is 13.0. The molecule has 0 bridgehead atoms. The molecule has 0 unspecified atom stereocenters. The van der Waals surface area contributed by atoms with Crippen molar-refractivity contribution in [3.63, 3.8) is 0 Å². The van der Waals surface area contributed by atoms with Crippen molar-refractivity contribution >= 4 is 12.0 Å². The maximum Gasteiger partial charge on any atom is 0.328 e. The Morgan fingerprint density at radius 1 is 1.44 bits per heavy atom. The van der Waals surface area contributed by atoms with Gasteiger partial charge in [0.2, 0.25) is 0 Å². The largest absolute Gasteiger partial charge is 0.478 e. The number of hydrogen-bond donors (Lipinski definition) is 1. The van der Waals surface area contributed by atoms with Crippen LogP contribution in [0.4, 0.5) is 0 Å². The van der Waals surface area contributed by atoms with Crippen molar-refractivity contribution in [1.82, 2.24) is 9.78 Å². The molecule has 0 fully saturated rings. The zero-order valence-electron chi connectivity index (χ0n) is 9.78. The van der Waals surface area contributed by atoms with Gasteiger partial charge in [0.15, 0.2) is 5.75 Å². The van der Waals surface area contributed by atoms with E-state index in [1.807, 2.05) is 12.1 Å². The molecule has 5 heteroatoms. The van der Waals surface area contributed by atoms with Gasteiger partial charge < -0.3 is 9.84 Å². The van der Waals surface area contributed by atoms with Gasteiger partial charge in [-0.3, -0.25) is 4.68 Å². The highest BCUT2D eigenvalue weighted by Gasteiger charge is 2.03. The lowest BCUT2D eigenvalue weighted by Crippen LogP contribution is -1.89. The number of hydrogen-bond acceptors (Lipinski definition) is 3. The van der Waals surface area contributed by atoms with Crippen LogP contribution in [0, 0.1) is 0 Å². The van der Waals surface area contributed by atoms with Crippen LogP contribution in [0.2, 0.25) is 0 Å². The monoisotopic (exact) mass is 244 g/mol. The summed E-state index contributed by atoms with van der Waals surface area (Å²) in [5.41, 5.74) is 0.698. The molecular formula is C13H12N2O3. The first kappa shape index (κ1) is 11.9. The Morgan fingerprint density at radius 2 is 2.22 bits per heavy atom. The van der Waals surface area contributed by atoms with Crippen molar-refractivity contribution < 1.29 is 14.6 Å². The lowest BCUT2D eigenvalue weighted by molar-refractivity contribution is -0.131. The average Bonchev–Trinajstić information content (AvgIpc) is 2.73. The van der Waals surface area contributed by atoms with Gasteiger partial charge >= 0.3 is 5.97 Å². The smallest absolute Gasteiger partial charge is 0.328 e. The molecule has 92 valence electrons. The lowest BCUT2D eigenvalue weighted by Gasteiger charge is -2.05. The van der Waals surface area contributed by atoms with Crippen molar-refractivity contribution in [1.29, 1.82) is 0 Å². The van der Waals surface area contributed by atoms with Gasteiger partial charge in [0.1, 0.15) is 5.75 Å². The maximum absolute atomic E-state index is 10.5. The van der Waals surface area contributed by atoms with Crippen molar-refractivity contribution in [2.45, 2.75) is 0 Å². The third kappa shape index (κ3) is 2.98. The van der Waals surface area contributed by atoms with Crippen molar-refractivity contribution in [2.75, 3.05) is 0 Å². The summed E-state index contributed by atoms with van der Waals surface area (Å²) in [5.74, 6) is 0.197. The van der Waals surface area contributed by atoms with Gasteiger partial charge in [0, 0.05) is 18.7 Å². The first-order valence-corrected chi connectivity index (χ1v) is 5.31. The predicted molar refractivity (Wildman–Crippen MR) is 66.4 cm³/mol. The molecule has 0 spiro atoms. The molecule has 5 nitrogen and oxygen atoms in total. The number of benzene rings is 1. The third-order valence-electron chi connectivity index (χ3n) is 2.23. The normalized spacial score (nSPS) is 10.7. The number of ether oxygens (including phenoxy) is 1. The summed E-state index contributed by atoms with van der Waals surface area (Å²) in [6.45, 7) is 0. The molecule has 0 amide bonds. The number of para-hydroxylation sites is 1. The molecule has 2 aromatic rings. The second-order valence-corrected chi connectivity index (χ2v) is 3.66. The molecule has 1 aromatic heterocycles. The van der Waals surface area contributed by atoms with Gasteiger partial charge in [-0.05, 0) is 12.1 Å². The topological polar surface area (TPSA) is 64.3 Å². The number of carboxylic acid groups (broad SMARTS) is 1. The highest BCUT2D eigenvalue weighted by atomic mass is 16.5. The van der Waals surface area contributed by atoms with Crippen LogP contribution in [-0.2, 0) is 11.8 Å². The summed E-state index contributed by atoms with van der Waals surface area (Å²) in [5, 5.41) is 12.6. The van der Waals surface area contributed by atoms with E-state index in [1.54, 1.807) is 36.3 Å². The Balaban J connectivity index is 2.24. The van der Waals surface area contributed by atoms with E-state index < -0.39 is 5.97 Å².